The smallest absolute Gasteiger partial charge is 0.335 e. The van der Waals surface area contributed by atoms with Crippen LogP contribution in [0.2, 0.25) is 5.02 Å². The van der Waals surface area contributed by atoms with Gasteiger partial charge in [0.25, 0.3) is 0 Å². The molecule has 0 fully saturated rings. The van der Waals surface area contributed by atoms with E-state index in [4.69, 9.17) is 21.4 Å². The summed E-state index contributed by atoms with van der Waals surface area (Å²) in [6.07, 6.45) is 3.18. The summed E-state index contributed by atoms with van der Waals surface area (Å²) < 4.78 is 6.17. The molecule has 0 atom stereocenters. The van der Waals surface area contributed by atoms with E-state index in [2.05, 4.69) is 20.9 Å². The molecule has 0 spiro atoms. The summed E-state index contributed by atoms with van der Waals surface area (Å²) in [5.41, 5.74) is 1.01. The monoisotopic (exact) mass is 341 g/mol. The molecule has 2 rings (SSSR count). The van der Waals surface area contributed by atoms with Crippen molar-refractivity contribution in [1.29, 1.82) is 0 Å². The summed E-state index contributed by atoms with van der Waals surface area (Å²) >= 11 is 9.24. The Morgan fingerprint density at radius 3 is 2.84 bits per heavy atom. The number of carbonyl (C=O) groups is 1. The number of hydrogen-bond acceptors (Lipinski definition) is 3. The van der Waals surface area contributed by atoms with Crippen LogP contribution >= 0.6 is 27.5 Å². The quantitative estimate of drug-likeness (QED) is 0.918. The van der Waals surface area contributed by atoms with Crippen molar-refractivity contribution in [2.45, 2.75) is 6.61 Å². The first-order valence-corrected chi connectivity index (χ1v) is 6.49. The van der Waals surface area contributed by atoms with E-state index < -0.39 is 5.97 Å². The summed E-state index contributed by atoms with van der Waals surface area (Å²) in [6.45, 7) is 0.284. The Kier molecular flexibility index (Phi) is 4.39. The van der Waals surface area contributed by atoms with Crippen molar-refractivity contribution in [2.24, 2.45) is 0 Å². The van der Waals surface area contributed by atoms with E-state index in [1.807, 2.05) is 0 Å². The topological polar surface area (TPSA) is 59.4 Å². The Hall–Kier alpha value is -1.59. The molecule has 1 aromatic heterocycles. The van der Waals surface area contributed by atoms with Gasteiger partial charge < -0.3 is 9.84 Å². The minimum Gasteiger partial charge on any atom is -0.488 e. The number of hydrogen-bond donors (Lipinski definition) is 1. The Balaban J connectivity index is 2.12. The second kappa shape index (κ2) is 6.04. The number of rotatable bonds is 4. The zero-order chi connectivity index (χ0) is 13.8. The molecule has 0 saturated carbocycles. The highest BCUT2D eigenvalue weighted by molar-refractivity contribution is 9.10. The summed E-state index contributed by atoms with van der Waals surface area (Å²) in [4.78, 5) is 14.7. The first kappa shape index (κ1) is 13.8. The van der Waals surface area contributed by atoms with E-state index in [1.54, 1.807) is 24.5 Å². The van der Waals surface area contributed by atoms with Crippen LogP contribution in [0.3, 0.4) is 0 Å². The second-order valence-electron chi connectivity index (χ2n) is 3.71. The Morgan fingerprint density at radius 2 is 2.21 bits per heavy atom. The fourth-order valence-corrected chi connectivity index (χ4v) is 2.09. The Morgan fingerprint density at radius 1 is 1.42 bits per heavy atom. The van der Waals surface area contributed by atoms with Gasteiger partial charge in [-0.1, -0.05) is 11.6 Å². The van der Waals surface area contributed by atoms with E-state index in [1.165, 1.54) is 12.1 Å². The zero-order valence-electron chi connectivity index (χ0n) is 9.64. The van der Waals surface area contributed by atoms with Gasteiger partial charge in [0.1, 0.15) is 12.4 Å². The minimum atomic E-state index is -0.982. The normalized spacial score (nSPS) is 10.2. The van der Waals surface area contributed by atoms with Gasteiger partial charge in [0.05, 0.1) is 15.1 Å². The molecule has 1 heterocycles. The lowest BCUT2D eigenvalue weighted by Gasteiger charge is -2.09. The summed E-state index contributed by atoms with van der Waals surface area (Å²) in [5.74, 6) is -0.428. The third-order valence-corrected chi connectivity index (χ3v) is 3.38. The number of halogens is 2. The molecule has 0 saturated heterocycles. The molecule has 0 radical (unpaired) electrons. The van der Waals surface area contributed by atoms with Crippen molar-refractivity contribution in [3.05, 3.63) is 57.3 Å². The first-order chi connectivity index (χ1) is 9.08. The van der Waals surface area contributed by atoms with E-state index in [9.17, 15) is 4.79 Å². The highest BCUT2D eigenvalue weighted by Gasteiger charge is 2.08. The molecule has 0 aliphatic heterocycles. The molecular formula is C13H9BrClNO3. The molecule has 0 aliphatic carbocycles. The van der Waals surface area contributed by atoms with Crippen molar-refractivity contribution < 1.29 is 14.6 Å². The van der Waals surface area contributed by atoms with E-state index in [-0.39, 0.29) is 12.2 Å². The number of benzene rings is 1. The number of pyridine rings is 1. The molecule has 6 heteroatoms. The van der Waals surface area contributed by atoms with Crippen LogP contribution < -0.4 is 4.74 Å². The van der Waals surface area contributed by atoms with E-state index in [0.29, 0.717) is 15.2 Å². The predicted molar refractivity (Wildman–Crippen MR) is 74.7 cm³/mol. The fraction of sp³-hybridized carbons (Fsp3) is 0.0769. The van der Waals surface area contributed by atoms with Crippen LogP contribution in [0, 0.1) is 0 Å². The largest absolute Gasteiger partial charge is 0.488 e. The SMILES string of the molecule is O=C(O)c1ccc(OCc2ccncc2Cl)c(Br)c1. The van der Waals surface area contributed by atoms with Crippen molar-refractivity contribution in [1.82, 2.24) is 4.98 Å². The number of aromatic carboxylic acids is 1. The van der Waals surface area contributed by atoms with Crippen molar-refractivity contribution in [3.8, 4) is 5.75 Å². The van der Waals surface area contributed by atoms with Gasteiger partial charge in [-0.25, -0.2) is 4.79 Å². The van der Waals surface area contributed by atoms with Gasteiger partial charge in [-0.2, -0.15) is 0 Å². The van der Waals surface area contributed by atoms with Crippen molar-refractivity contribution in [3.63, 3.8) is 0 Å². The molecule has 1 aromatic carbocycles. The number of carboxylic acid groups (broad SMARTS) is 1. The number of nitrogens with zero attached hydrogens (tertiary/aromatic N) is 1. The number of aromatic nitrogens is 1. The average molecular weight is 343 g/mol. The molecule has 1 N–H and O–H groups in total. The molecule has 0 bridgehead atoms. The molecule has 19 heavy (non-hydrogen) atoms. The van der Waals surface area contributed by atoms with E-state index >= 15 is 0 Å². The van der Waals surface area contributed by atoms with Gasteiger partial charge in [0.15, 0.2) is 0 Å². The molecule has 0 amide bonds. The maximum absolute atomic E-state index is 10.8. The molecule has 0 aliphatic rings. The lowest BCUT2D eigenvalue weighted by Crippen LogP contribution is -2.00. The van der Waals surface area contributed by atoms with Gasteiger partial charge in [-0.15, -0.1) is 0 Å². The van der Waals surface area contributed by atoms with Crippen LogP contribution in [0.15, 0.2) is 41.1 Å². The van der Waals surface area contributed by atoms with Crippen molar-refractivity contribution >= 4 is 33.5 Å². The second-order valence-corrected chi connectivity index (χ2v) is 4.97. The predicted octanol–water partition coefficient (Wildman–Crippen LogP) is 3.77. The molecule has 2 aromatic rings. The first-order valence-electron chi connectivity index (χ1n) is 5.32. The minimum absolute atomic E-state index is 0.196. The lowest BCUT2D eigenvalue weighted by molar-refractivity contribution is 0.0696. The van der Waals surface area contributed by atoms with Crippen LogP contribution in [0.4, 0.5) is 0 Å². The maximum Gasteiger partial charge on any atom is 0.335 e. The fourth-order valence-electron chi connectivity index (χ4n) is 1.43. The van der Waals surface area contributed by atoms with E-state index in [0.717, 1.165) is 5.56 Å². The molecule has 0 unspecified atom stereocenters. The van der Waals surface area contributed by atoms with Gasteiger partial charge in [0, 0.05) is 18.0 Å². The van der Waals surface area contributed by atoms with Crippen LogP contribution in [-0.4, -0.2) is 16.1 Å². The van der Waals surface area contributed by atoms with Crippen LogP contribution in [0.5, 0.6) is 5.75 Å². The maximum atomic E-state index is 10.8. The van der Waals surface area contributed by atoms with Gasteiger partial charge in [-0.3, -0.25) is 4.98 Å². The van der Waals surface area contributed by atoms with Crippen LogP contribution in [-0.2, 0) is 6.61 Å². The molecule has 98 valence electrons. The third-order valence-electron chi connectivity index (χ3n) is 2.42. The van der Waals surface area contributed by atoms with Gasteiger partial charge >= 0.3 is 5.97 Å². The summed E-state index contributed by atoms with van der Waals surface area (Å²) in [7, 11) is 0. The molecular weight excluding hydrogens is 334 g/mol. The Bertz CT molecular complexity index is 619. The highest BCUT2D eigenvalue weighted by Crippen LogP contribution is 2.27. The average Bonchev–Trinajstić information content (AvgIpc) is 2.39. The van der Waals surface area contributed by atoms with Gasteiger partial charge in [-0.05, 0) is 40.2 Å². The Labute approximate surface area is 123 Å². The number of carboxylic acids is 1. The number of ether oxygens (including phenoxy) is 1. The zero-order valence-corrected chi connectivity index (χ0v) is 12.0. The summed E-state index contributed by atoms with van der Waals surface area (Å²) in [6, 6.07) is 6.34. The third kappa shape index (κ3) is 3.45. The summed E-state index contributed by atoms with van der Waals surface area (Å²) in [5, 5.41) is 9.39. The standard InChI is InChI=1S/C13H9BrClNO3/c14-10-5-8(13(17)18)1-2-12(10)19-7-9-3-4-16-6-11(9)15/h1-6H,7H2,(H,17,18). The van der Waals surface area contributed by atoms with Crippen LogP contribution in [0.25, 0.3) is 0 Å². The van der Waals surface area contributed by atoms with Crippen LogP contribution in [0.1, 0.15) is 15.9 Å². The van der Waals surface area contributed by atoms with Gasteiger partial charge in [0.2, 0.25) is 0 Å². The molecule has 4 nitrogen and oxygen atoms in total. The lowest BCUT2D eigenvalue weighted by atomic mass is 10.2. The van der Waals surface area contributed by atoms with Crippen molar-refractivity contribution in [2.75, 3.05) is 0 Å². The highest BCUT2D eigenvalue weighted by atomic mass is 79.9.